The Morgan fingerprint density at radius 3 is 2.32 bits per heavy atom. The highest BCUT2D eigenvalue weighted by Crippen LogP contribution is 2.16. The molecular weight excluding hydrogens is 246 g/mol. The van der Waals surface area contributed by atoms with Crippen LogP contribution in [-0.4, -0.2) is 52.1 Å². The van der Waals surface area contributed by atoms with Crippen molar-refractivity contribution >= 4 is 6.09 Å². The zero-order chi connectivity index (χ0) is 15.1. The predicted octanol–water partition coefficient (Wildman–Crippen LogP) is 1.71. The first-order valence-electron chi connectivity index (χ1n) is 6.27. The summed E-state index contributed by atoms with van der Waals surface area (Å²) in [5, 5.41) is 18.9. The maximum Gasteiger partial charge on any atom is 0.410 e. The van der Waals surface area contributed by atoms with Crippen molar-refractivity contribution in [3.8, 4) is 0 Å². The number of hydrogen-bond acceptors (Lipinski definition) is 4. The van der Waals surface area contributed by atoms with Gasteiger partial charge in [0.2, 0.25) is 0 Å². The van der Waals surface area contributed by atoms with Crippen LogP contribution in [0.5, 0.6) is 0 Å². The van der Waals surface area contributed by atoms with Crippen molar-refractivity contribution in [3.05, 3.63) is 25.3 Å². The van der Waals surface area contributed by atoms with E-state index in [1.54, 1.807) is 32.9 Å². The smallest absolute Gasteiger partial charge is 0.410 e. The van der Waals surface area contributed by atoms with Crippen molar-refractivity contribution in [1.29, 1.82) is 0 Å². The lowest BCUT2D eigenvalue weighted by Crippen LogP contribution is -2.49. The van der Waals surface area contributed by atoms with Gasteiger partial charge in [-0.25, -0.2) is 4.79 Å². The monoisotopic (exact) mass is 271 g/mol. The number of nitrogens with zero attached hydrogens (tertiary/aromatic N) is 1. The number of amides is 1. The van der Waals surface area contributed by atoms with Crippen LogP contribution in [0.3, 0.4) is 0 Å². The highest BCUT2D eigenvalue weighted by atomic mass is 16.6. The van der Waals surface area contributed by atoms with Crippen LogP contribution in [-0.2, 0) is 4.74 Å². The summed E-state index contributed by atoms with van der Waals surface area (Å²) < 4.78 is 5.29. The first-order valence-corrected chi connectivity index (χ1v) is 6.27. The van der Waals surface area contributed by atoms with Crippen molar-refractivity contribution in [1.82, 2.24) is 4.90 Å². The molecule has 110 valence electrons. The topological polar surface area (TPSA) is 70.0 Å². The molecule has 0 aromatic rings. The molecular formula is C14H25NO4. The summed E-state index contributed by atoms with van der Waals surface area (Å²) >= 11 is 0. The third kappa shape index (κ3) is 6.40. The highest BCUT2D eigenvalue weighted by molar-refractivity contribution is 5.69. The van der Waals surface area contributed by atoms with Gasteiger partial charge in [-0.1, -0.05) is 12.2 Å². The van der Waals surface area contributed by atoms with Crippen molar-refractivity contribution in [2.75, 3.05) is 13.2 Å². The van der Waals surface area contributed by atoms with Crippen molar-refractivity contribution in [2.24, 2.45) is 0 Å². The van der Waals surface area contributed by atoms with Gasteiger partial charge < -0.3 is 14.9 Å². The van der Waals surface area contributed by atoms with E-state index in [2.05, 4.69) is 13.2 Å². The van der Waals surface area contributed by atoms with Gasteiger partial charge in [-0.05, 0) is 27.2 Å². The number of carbonyl (C=O) groups excluding carboxylic acids is 1. The molecule has 0 radical (unpaired) electrons. The Labute approximate surface area is 115 Å². The van der Waals surface area contributed by atoms with Crippen molar-refractivity contribution in [3.63, 3.8) is 0 Å². The van der Waals surface area contributed by atoms with Crippen molar-refractivity contribution in [2.45, 2.75) is 44.9 Å². The molecule has 0 rings (SSSR count). The normalized spacial score (nSPS) is 14.4. The van der Waals surface area contributed by atoms with Gasteiger partial charge in [-0.15, -0.1) is 13.2 Å². The Kier molecular flexibility index (Phi) is 7.41. The number of aliphatic hydroxyl groups is 2. The van der Waals surface area contributed by atoms with Crippen LogP contribution in [0.15, 0.2) is 25.3 Å². The molecule has 19 heavy (non-hydrogen) atoms. The molecule has 0 aliphatic heterocycles. The van der Waals surface area contributed by atoms with E-state index >= 15 is 0 Å². The minimum Gasteiger partial charge on any atom is -0.444 e. The van der Waals surface area contributed by atoms with Crippen LogP contribution < -0.4 is 0 Å². The van der Waals surface area contributed by atoms with Gasteiger partial charge in [0.15, 0.2) is 0 Å². The van der Waals surface area contributed by atoms with E-state index in [-0.39, 0.29) is 6.54 Å². The molecule has 0 saturated carbocycles. The average molecular weight is 271 g/mol. The summed E-state index contributed by atoms with van der Waals surface area (Å²) in [4.78, 5) is 13.5. The van der Waals surface area contributed by atoms with E-state index in [1.807, 2.05) is 0 Å². The van der Waals surface area contributed by atoms with Crippen LogP contribution in [0.4, 0.5) is 4.79 Å². The second-order valence-electron chi connectivity index (χ2n) is 5.26. The van der Waals surface area contributed by atoms with E-state index in [9.17, 15) is 9.90 Å². The molecule has 5 nitrogen and oxygen atoms in total. The molecule has 0 heterocycles. The first-order chi connectivity index (χ1) is 8.76. The summed E-state index contributed by atoms with van der Waals surface area (Å²) in [6.07, 6.45) is 1.89. The third-order valence-corrected chi connectivity index (χ3v) is 2.39. The Hall–Kier alpha value is -1.33. The van der Waals surface area contributed by atoms with Crippen LogP contribution in [0, 0.1) is 0 Å². The fraction of sp³-hybridized carbons (Fsp3) is 0.643. The molecule has 2 atom stereocenters. The fourth-order valence-corrected chi connectivity index (χ4v) is 1.59. The molecule has 0 fully saturated rings. The fourth-order valence-electron chi connectivity index (χ4n) is 1.59. The summed E-state index contributed by atoms with van der Waals surface area (Å²) in [5.74, 6) is 0. The molecule has 0 aliphatic carbocycles. The predicted molar refractivity (Wildman–Crippen MR) is 74.8 cm³/mol. The highest BCUT2D eigenvalue weighted by Gasteiger charge is 2.31. The van der Waals surface area contributed by atoms with Crippen LogP contribution in [0.2, 0.25) is 0 Å². The summed E-state index contributed by atoms with van der Waals surface area (Å²) in [6, 6.07) is -0.588. The van der Waals surface area contributed by atoms with Gasteiger partial charge in [-0.3, -0.25) is 4.90 Å². The lowest BCUT2D eigenvalue weighted by molar-refractivity contribution is -0.0143. The van der Waals surface area contributed by atoms with Gasteiger partial charge in [0, 0.05) is 6.54 Å². The van der Waals surface area contributed by atoms with E-state index < -0.39 is 30.4 Å². The zero-order valence-electron chi connectivity index (χ0n) is 12.0. The van der Waals surface area contributed by atoms with Gasteiger partial charge >= 0.3 is 6.09 Å². The second-order valence-corrected chi connectivity index (χ2v) is 5.26. The van der Waals surface area contributed by atoms with Crippen LogP contribution in [0.1, 0.15) is 27.2 Å². The summed E-state index contributed by atoms with van der Waals surface area (Å²) in [5.41, 5.74) is -0.626. The zero-order valence-corrected chi connectivity index (χ0v) is 12.0. The largest absolute Gasteiger partial charge is 0.444 e. The molecule has 2 N–H and O–H groups in total. The maximum absolute atomic E-state index is 12.1. The van der Waals surface area contributed by atoms with E-state index in [4.69, 9.17) is 9.84 Å². The van der Waals surface area contributed by atoms with E-state index in [0.717, 1.165) is 0 Å². The molecule has 5 heteroatoms. The van der Waals surface area contributed by atoms with Gasteiger partial charge in [0.1, 0.15) is 5.60 Å². The molecule has 0 aromatic heterocycles. The van der Waals surface area contributed by atoms with Gasteiger partial charge in [0.05, 0.1) is 18.8 Å². The second kappa shape index (κ2) is 7.96. The molecule has 0 saturated heterocycles. The molecule has 0 unspecified atom stereocenters. The number of rotatable bonds is 7. The van der Waals surface area contributed by atoms with E-state index in [0.29, 0.717) is 6.42 Å². The van der Waals surface area contributed by atoms with Crippen molar-refractivity contribution < 1.29 is 19.7 Å². The lowest BCUT2D eigenvalue weighted by atomic mass is 10.1. The Morgan fingerprint density at radius 2 is 1.95 bits per heavy atom. The molecule has 0 aliphatic rings. The standard InChI is InChI=1S/C14H25NO4/c1-6-8-11(12(17)10-16)15(9-7-2)13(18)19-14(3,4)5/h6-7,11-12,16-17H,1-2,8-10H2,3-5H3/t11-,12+/m1/s1. The minimum atomic E-state index is -1.05. The Morgan fingerprint density at radius 1 is 1.37 bits per heavy atom. The molecule has 0 bridgehead atoms. The Bertz CT molecular complexity index is 309. The first kappa shape index (κ1) is 17.7. The van der Waals surface area contributed by atoms with Crippen LogP contribution >= 0.6 is 0 Å². The molecule has 0 spiro atoms. The number of carbonyl (C=O) groups is 1. The molecule has 0 aromatic carbocycles. The number of hydrogen-bond donors (Lipinski definition) is 2. The SMILES string of the molecule is C=CC[C@H]([C@@H](O)CO)N(CC=C)C(=O)OC(C)(C)C. The van der Waals surface area contributed by atoms with Gasteiger partial charge in [0.25, 0.3) is 0 Å². The molecule has 1 amide bonds. The summed E-state index contributed by atoms with van der Waals surface area (Å²) in [6.45, 7) is 12.3. The summed E-state index contributed by atoms with van der Waals surface area (Å²) in [7, 11) is 0. The third-order valence-electron chi connectivity index (χ3n) is 2.39. The Balaban J connectivity index is 5.06. The number of ether oxygens (including phenoxy) is 1. The van der Waals surface area contributed by atoms with E-state index in [1.165, 1.54) is 4.90 Å². The van der Waals surface area contributed by atoms with Crippen LogP contribution in [0.25, 0.3) is 0 Å². The minimum absolute atomic E-state index is 0.227. The average Bonchev–Trinajstić information content (AvgIpc) is 2.30. The lowest BCUT2D eigenvalue weighted by Gasteiger charge is -2.34. The quantitative estimate of drug-likeness (QED) is 0.692. The maximum atomic E-state index is 12.1. The number of aliphatic hydroxyl groups excluding tert-OH is 2. The van der Waals surface area contributed by atoms with Gasteiger partial charge in [-0.2, -0.15) is 0 Å².